The first-order valence-electron chi connectivity index (χ1n) is 11.3. The number of aromatic nitrogens is 1. The lowest BCUT2D eigenvalue weighted by Gasteiger charge is -2.21. The van der Waals surface area contributed by atoms with Crippen LogP contribution < -0.4 is 14.8 Å². The largest absolute Gasteiger partial charge is 0.493 e. The molecule has 0 aliphatic carbocycles. The van der Waals surface area contributed by atoms with E-state index in [4.69, 9.17) is 9.47 Å². The molecular weight excluding hydrogens is 430 g/mol. The van der Waals surface area contributed by atoms with Crippen molar-refractivity contribution in [1.82, 2.24) is 15.2 Å². The normalized spacial score (nSPS) is 17.3. The second-order valence-electron chi connectivity index (χ2n) is 8.41. The molecule has 0 radical (unpaired) electrons. The van der Waals surface area contributed by atoms with E-state index < -0.39 is 5.92 Å². The number of likely N-dealkylation sites (tertiary alicyclic amines) is 1. The zero-order valence-electron chi connectivity index (χ0n) is 19.7. The molecule has 176 valence electrons. The van der Waals surface area contributed by atoms with E-state index in [9.17, 15) is 9.59 Å². The second kappa shape index (κ2) is 10.4. The number of amides is 2. The highest BCUT2D eigenvalue weighted by Gasteiger charge is 2.42. The van der Waals surface area contributed by atoms with Gasteiger partial charge in [0, 0.05) is 36.3 Å². The topological polar surface area (TPSA) is 80.8 Å². The van der Waals surface area contributed by atoms with Gasteiger partial charge in [0.2, 0.25) is 5.91 Å². The predicted molar refractivity (Wildman–Crippen MR) is 129 cm³/mol. The van der Waals surface area contributed by atoms with Crippen LogP contribution in [0.15, 0.2) is 66.9 Å². The Labute approximate surface area is 199 Å². The first-order chi connectivity index (χ1) is 16.5. The lowest BCUT2D eigenvalue weighted by Crippen LogP contribution is -2.35. The average Bonchev–Trinajstić information content (AvgIpc) is 3.32. The van der Waals surface area contributed by atoms with E-state index in [1.165, 1.54) is 0 Å². The van der Waals surface area contributed by atoms with Gasteiger partial charge in [0.15, 0.2) is 11.5 Å². The number of benzene rings is 2. The van der Waals surface area contributed by atoms with Crippen LogP contribution in [0.5, 0.6) is 11.5 Å². The molecule has 2 amide bonds. The fourth-order valence-electron chi connectivity index (χ4n) is 4.44. The monoisotopic (exact) mass is 459 g/mol. The number of rotatable bonds is 7. The van der Waals surface area contributed by atoms with Gasteiger partial charge >= 0.3 is 0 Å². The summed E-state index contributed by atoms with van der Waals surface area (Å²) in [6.07, 6.45) is 1.70. The molecule has 1 aliphatic rings. The maximum Gasteiger partial charge on any atom is 0.253 e. The molecular formula is C27H29N3O4. The Bertz CT molecular complexity index is 1150. The molecule has 0 spiro atoms. The molecule has 1 aliphatic heterocycles. The van der Waals surface area contributed by atoms with Crippen molar-refractivity contribution in [1.29, 1.82) is 0 Å². The summed E-state index contributed by atoms with van der Waals surface area (Å²) in [5.74, 6) is 0.270. The van der Waals surface area contributed by atoms with Crippen LogP contribution in [-0.4, -0.2) is 49.0 Å². The first kappa shape index (κ1) is 23.3. The van der Waals surface area contributed by atoms with Crippen LogP contribution in [0.3, 0.4) is 0 Å². The van der Waals surface area contributed by atoms with Gasteiger partial charge < -0.3 is 19.7 Å². The van der Waals surface area contributed by atoms with E-state index in [0.717, 1.165) is 16.8 Å². The summed E-state index contributed by atoms with van der Waals surface area (Å²) in [5.41, 5.74) is 3.32. The smallest absolute Gasteiger partial charge is 0.253 e. The molecule has 7 heteroatoms. The summed E-state index contributed by atoms with van der Waals surface area (Å²) in [7, 11) is 3.17. The molecule has 2 aromatic carbocycles. The highest BCUT2D eigenvalue weighted by atomic mass is 16.5. The van der Waals surface area contributed by atoms with Crippen LogP contribution in [-0.2, 0) is 11.3 Å². The highest BCUT2D eigenvalue weighted by molar-refractivity contribution is 5.95. The fraction of sp³-hybridized carbons (Fsp3) is 0.296. The lowest BCUT2D eigenvalue weighted by molar-refractivity contribution is -0.125. The van der Waals surface area contributed by atoms with Crippen LogP contribution in [0.2, 0.25) is 0 Å². The molecule has 34 heavy (non-hydrogen) atoms. The summed E-state index contributed by atoms with van der Waals surface area (Å²) in [6.45, 7) is 3.02. The molecule has 0 saturated carbocycles. The van der Waals surface area contributed by atoms with E-state index in [0.29, 0.717) is 36.7 Å². The quantitative estimate of drug-likeness (QED) is 0.584. The third-order valence-corrected chi connectivity index (χ3v) is 6.25. The SMILES string of the molecule is COc1cccc([C@H]2CN(C(=O)c3ccc(C)cc3)C[C@@H]2C(=O)NCc2ccccn2)c1OC. The Hall–Kier alpha value is -3.87. The number of carbonyl (C=O) groups excluding carboxylic acids is 2. The Balaban J connectivity index is 1.62. The van der Waals surface area contributed by atoms with Gasteiger partial charge in [-0.05, 0) is 37.3 Å². The molecule has 2 atom stereocenters. The summed E-state index contributed by atoms with van der Waals surface area (Å²) in [4.78, 5) is 32.7. The molecule has 0 bridgehead atoms. The van der Waals surface area contributed by atoms with E-state index in [-0.39, 0.29) is 17.7 Å². The number of para-hydroxylation sites is 1. The Morgan fingerprint density at radius 2 is 1.79 bits per heavy atom. The second-order valence-corrected chi connectivity index (χ2v) is 8.41. The van der Waals surface area contributed by atoms with Crippen LogP contribution in [0.4, 0.5) is 0 Å². The van der Waals surface area contributed by atoms with Crippen molar-refractivity contribution in [2.24, 2.45) is 5.92 Å². The van der Waals surface area contributed by atoms with Crippen molar-refractivity contribution in [3.05, 3.63) is 89.2 Å². The molecule has 7 nitrogen and oxygen atoms in total. The first-order valence-corrected chi connectivity index (χ1v) is 11.3. The van der Waals surface area contributed by atoms with Gasteiger partial charge in [-0.15, -0.1) is 0 Å². The van der Waals surface area contributed by atoms with Crippen molar-refractivity contribution in [2.45, 2.75) is 19.4 Å². The number of carbonyl (C=O) groups is 2. The molecule has 1 aromatic heterocycles. The van der Waals surface area contributed by atoms with E-state index in [1.807, 2.05) is 67.6 Å². The van der Waals surface area contributed by atoms with Gasteiger partial charge in [-0.2, -0.15) is 0 Å². The molecule has 3 aromatic rings. The fourth-order valence-corrected chi connectivity index (χ4v) is 4.44. The molecule has 1 fully saturated rings. The zero-order chi connectivity index (χ0) is 24.1. The van der Waals surface area contributed by atoms with Crippen molar-refractivity contribution in [3.8, 4) is 11.5 Å². The number of hydrogen-bond acceptors (Lipinski definition) is 5. The van der Waals surface area contributed by atoms with Gasteiger partial charge in [0.05, 0.1) is 32.4 Å². The van der Waals surface area contributed by atoms with E-state index >= 15 is 0 Å². The lowest BCUT2D eigenvalue weighted by atomic mass is 9.87. The molecule has 1 N–H and O–H groups in total. The van der Waals surface area contributed by atoms with Crippen molar-refractivity contribution < 1.29 is 19.1 Å². The van der Waals surface area contributed by atoms with Gasteiger partial charge in [-0.1, -0.05) is 35.9 Å². The highest BCUT2D eigenvalue weighted by Crippen LogP contribution is 2.42. The minimum atomic E-state index is -0.445. The van der Waals surface area contributed by atoms with Crippen LogP contribution in [0, 0.1) is 12.8 Å². The summed E-state index contributed by atoms with van der Waals surface area (Å²) >= 11 is 0. The van der Waals surface area contributed by atoms with E-state index in [1.54, 1.807) is 25.3 Å². The molecule has 0 unspecified atom stereocenters. The van der Waals surface area contributed by atoms with Crippen molar-refractivity contribution in [2.75, 3.05) is 27.3 Å². The summed E-state index contributed by atoms with van der Waals surface area (Å²) in [6, 6.07) is 18.7. The number of aryl methyl sites for hydroxylation is 1. The summed E-state index contributed by atoms with van der Waals surface area (Å²) < 4.78 is 11.1. The molecule has 1 saturated heterocycles. The molecule has 4 rings (SSSR count). The van der Waals surface area contributed by atoms with Gasteiger partial charge in [0.1, 0.15) is 0 Å². The van der Waals surface area contributed by atoms with Crippen LogP contribution in [0.1, 0.15) is 33.1 Å². The van der Waals surface area contributed by atoms with Gasteiger partial charge in [-0.3, -0.25) is 14.6 Å². The Morgan fingerprint density at radius 3 is 2.47 bits per heavy atom. The minimum absolute atomic E-state index is 0.0908. The maximum absolute atomic E-state index is 13.4. The van der Waals surface area contributed by atoms with E-state index in [2.05, 4.69) is 10.3 Å². The van der Waals surface area contributed by atoms with Gasteiger partial charge in [-0.25, -0.2) is 0 Å². The Morgan fingerprint density at radius 1 is 1.00 bits per heavy atom. The zero-order valence-corrected chi connectivity index (χ0v) is 19.7. The Kier molecular flexibility index (Phi) is 7.11. The minimum Gasteiger partial charge on any atom is -0.493 e. The average molecular weight is 460 g/mol. The number of hydrogen-bond donors (Lipinski definition) is 1. The standard InChI is InChI=1S/C27H29N3O4/c1-18-10-12-19(13-11-18)27(32)30-16-22(21-8-6-9-24(33-2)25(21)34-3)23(17-30)26(31)29-15-20-7-4-5-14-28-20/h4-14,22-23H,15-17H2,1-3H3,(H,29,31)/t22-,23+/m1/s1. The van der Waals surface area contributed by atoms with Crippen LogP contribution in [0.25, 0.3) is 0 Å². The number of ether oxygens (including phenoxy) is 2. The third kappa shape index (κ3) is 4.88. The van der Waals surface area contributed by atoms with Crippen LogP contribution >= 0.6 is 0 Å². The third-order valence-electron chi connectivity index (χ3n) is 6.25. The number of nitrogens with one attached hydrogen (secondary N) is 1. The number of pyridine rings is 1. The predicted octanol–water partition coefficient (Wildman–Crippen LogP) is 3.58. The van der Waals surface area contributed by atoms with Crippen molar-refractivity contribution in [3.63, 3.8) is 0 Å². The van der Waals surface area contributed by atoms with Crippen molar-refractivity contribution >= 4 is 11.8 Å². The summed E-state index contributed by atoms with van der Waals surface area (Å²) in [5, 5.41) is 3.00. The number of nitrogens with zero attached hydrogens (tertiary/aromatic N) is 2. The maximum atomic E-state index is 13.4. The van der Waals surface area contributed by atoms with Gasteiger partial charge in [0.25, 0.3) is 5.91 Å². The molecule has 2 heterocycles. The number of methoxy groups -OCH3 is 2.